The van der Waals surface area contributed by atoms with E-state index in [0.717, 1.165) is 36.8 Å². The minimum Gasteiger partial charge on any atom is -0.494 e. The van der Waals surface area contributed by atoms with Gasteiger partial charge in [0.15, 0.2) is 17.9 Å². The van der Waals surface area contributed by atoms with E-state index in [2.05, 4.69) is 10.3 Å². The fourth-order valence-electron chi connectivity index (χ4n) is 4.85. The first-order chi connectivity index (χ1) is 21.2. The number of para-hydroxylation sites is 1. The van der Waals surface area contributed by atoms with E-state index in [-0.39, 0.29) is 16.9 Å². The third-order valence-electron chi connectivity index (χ3n) is 7.71. The summed E-state index contributed by atoms with van der Waals surface area (Å²) >= 11 is 0. The minimum absolute atomic E-state index is 0.157. The van der Waals surface area contributed by atoms with Gasteiger partial charge in [0.25, 0.3) is 5.56 Å². The van der Waals surface area contributed by atoms with Gasteiger partial charge in [0.1, 0.15) is 17.1 Å². The lowest BCUT2D eigenvalue weighted by Gasteiger charge is -2.12. The average Bonchev–Trinajstić information content (AvgIpc) is 3.73. The zero-order chi connectivity index (χ0) is 31.3. The van der Waals surface area contributed by atoms with Crippen molar-refractivity contribution in [2.45, 2.75) is 38.2 Å². The van der Waals surface area contributed by atoms with Crippen LogP contribution in [-0.4, -0.2) is 45.0 Å². The maximum absolute atomic E-state index is 14.2. The molecule has 2 N–H and O–H groups in total. The van der Waals surface area contributed by atoms with Crippen molar-refractivity contribution in [2.75, 3.05) is 19.0 Å². The van der Waals surface area contributed by atoms with Crippen molar-refractivity contribution in [3.05, 3.63) is 106 Å². The molecule has 1 aliphatic rings. The molecule has 5 aromatic rings. The van der Waals surface area contributed by atoms with Crippen LogP contribution in [0.3, 0.4) is 0 Å². The second kappa shape index (κ2) is 13.1. The van der Waals surface area contributed by atoms with Crippen molar-refractivity contribution in [3.63, 3.8) is 0 Å². The number of nitrogens with zero attached hydrogens (tertiary/aromatic N) is 3. The second-order valence-corrected chi connectivity index (χ2v) is 10.8. The van der Waals surface area contributed by atoms with Gasteiger partial charge in [-0.2, -0.15) is 0 Å². The van der Waals surface area contributed by atoms with Crippen LogP contribution in [0.25, 0.3) is 16.6 Å². The molecule has 1 saturated carbocycles. The second-order valence-electron chi connectivity index (χ2n) is 10.8. The summed E-state index contributed by atoms with van der Waals surface area (Å²) in [5.41, 5.74) is 2.31. The van der Waals surface area contributed by atoms with Crippen LogP contribution < -0.4 is 20.3 Å². The Morgan fingerprint density at radius 1 is 1.07 bits per heavy atom. The normalized spacial score (nSPS) is 13.1. The number of hydrogen-bond donors (Lipinski definition) is 2. The van der Waals surface area contributed by atoms with Crippen molar-refractivity contribution in [1.82, 2.24) is 14.3 Å². The van der Waals surface area contributed by atoms with Gasteiger partial charge in [0.2, 0.25) is 0 Å². The first-order valence-corrected chi connectivity index (χ1v) is 14.4. The molecule has 0 atom stereocenters. The zero-order valence-electron chi connectivity index (χ0n) is 24.9. The predicted octanol–water partition coefficient (Wildman–Crippen LogP) is 6.19. The summed E-state index contributed by atoms with van der Waals surface area (Å²) in [6, 6.07) is 21.3. The molecule has 9 nitrogen and oxygen atoms in total. The van der Waals surface area contributed by atoms with Crippen molar-refractivity contribution in [2.24, 2.45) is 7.05 Å². The molecule has 0 radical (unpaired) electrons. The molecule has 2 heterocycles. The van der Waals surface area contributed by atoms with E-state index in [1.807, 2.05) is 48.5 Å². The van der Waals surface area contributed by atoms with Crippen LogP contribution >= 0.6 is 0 Å². The van der Waals surface area contributed by atoms with Gasteiger partial charge >= 0.3 is 0 Å². The lowest BCUT2D eigenvalue weighted by Crippen LogP contribution is -2.20. The summed E-state index contributed by atoms with van der Waals surface area (Å²) in [5, 5.41) is 13.5. The van der Waals surface area contributed by atoms with Crippen LogP contribution in [-0.2, 0) is 7.05 Å². The average molecular weight is 599 g/mol. The smallest absolute Gasteiger partial charge is 0.282 e. The van der Waals surface area contributed by atoms with E-state index in [9.17, 15) is 19.1 Å². The van der Waals surface area contributed by atoms with E-state index in [0.29, 0.717) is 41.3 Å². The predicted molar refractivity (Wildman–Crippen MR) is 168 cm³/mol. The summed E-state index contributed by atoms with van der Waals surface area (Å²) in [4.78, 5) is 27.1. The number of carbonyl (C=O) groups is 1. The first-order valence-electron chi connectivity index (χ1n) is 14.4. The molecule has 0 spiro atoms. The quantitative estimate of drug-likeness (QED) is 0.146. The molecule has 10 heteroatoms. The number of carbonyl (C=O) groups excluding carboxylic acids is 1. The molecule has 3 aromatic carbocycles. The first kappa shape index (κ1) is 30.5. The minimum atomic E-state index is -0.443. The standard InChI is InChI=1S/C22H23FN2O3.C12H12N2O2/c1-24-15-3-6-21(18(23)13-15)28-20-7-11-25-19-14-16(4-5-17(19)20)27-12-2-8-22(26)9-10-22;1-9-11(8-15)12(16)14(13(9)2)10-6-4-3-5-7-10/h3-7,11,13-14,24,26H,2,8-10,12H2,1H3;3-8H,1-2H3. The molecule has 2 aromatic heterocycles. The Balaban J connectivity index is 0.000000204. The molecule has 0 bridgehead atoms. The molecule has 1 aliphatic carbocycles. The van der Waals surface area contributed by atoms with Crippen LogP contribution in [0.4, 0.5) is 10.1 Å². The van der Waals surface area contributed by atoms with Gasteiger partial charge in [0.05, 0.1) is 23.4 Å². The van der Waals surface area contributed by atoms with E-state index in [1.165, 1.54) is 10.7 Å². The number of rotatable bonds is 10. The lowest BCUT2D eigenvalue weighted by molar-refractivity contribution is 0.112. The van der Waals surface area contributed by atoms with E-state index in [4.69, 9.17) is 9.47 Å². The number of halogens is 1. The molecule has 1 fully saturated rings. The molecule has 228 valence electrons. The van der Waals surface area contributed by atoms with Crippen LogP contribution in [0.15, 0.2) is 83.8 Å². The highest BCUT2D eigenvalue weighted by molar-refractivity contribution is 5.86. The van der Waals surface area contributed by atoms with Gasteiger partial charge in [-0.15, -0.1) is 0 Å². The molecule has 44 heavy (non-hydrogen) atoms. The van der Waals surface area contributed by atoms with Crippen LogP contribution in [0.5, 0.6) is 17.2 Å². The number of benzene rings is 3. The fourth-order valence-corrected chi connectivity index (χ4v) is 4.85. The number of aliphatic hydroxyl groups is 1. The van der Waals surface area contributed by atoms with Crippen molar-refractivity contribution in [3.8, 4) is 22.9 Å². The summed E-state index contributed by atoms with van der Waals surface area (Å²) in [7, 11) is 3.50. The van der Waals surface area contributed by atoms with Gasteiger partial charge in [0, 0.05) is 49.2 Å². The van der Waals surface area contributed by atoms with E-state index < -0.39 is 11.4 Å². The summed E-state index contributed by atoms with van der Waals surface area (Å²) in [6.45, 7) is 2.30. The Morgan fingerprint density at radius 2 is 1.84 bits per heavy atom. The number of ether oxygens (including phenoxy) is 2. The van der Waals surface area contributed by atoms with Crippen LogP contribution in [0.2, 0.25) is 0 Å². The van der Waals surface area contributed by atoms with Crippen molar-refractivity contribution in [1.29, 1.82) is 0 Å². The Morgan fingerprint density at radius 3 is 2.50 bits per heavy atom. The van der Waals surface area contributed by atoms with Gasteiger partial charge < -0.3 is 19.9 Å². The highest BCUT2D eigenvalue weighted by Gasteiger charge is 2.39. The molecule has 0 saturated heterocycles. The fraction of sp³-hybridized carbons (Fsp3) is 0.265. The number of aromatic nitrogens is 3. The van der Waals surface area contributed by atoms with Gasteiger partial charge in [-0.1, -0.05) is 18.2 Å². The third-order valence-corrected chi connectivity index (χ3v) is 7.71. The Kier molecular flexibility index (Phi) is 9.10. The maximum atomic E-state index is 14.2. The lowest BCUT2D eigenvalue weighted by atomic mass is 10.2. The van der Waals surface area contributed by atoms with Gasteiger partial charge in [-0.25, -0.2) is 9.07 Å². The highest BCUT2D eigenvalue weighted by Crippen LogP contribution is 2.39. The van der Waals surface area contributed by atoms with E-state index in [1.54, 1.807) is 50.1 Å². The molecule has 6 rings (SSSR count). The topological polar surface area (TPSA) is 108 Å². The summed E-state index contributed by atoms with van der Waals surface area (Å²) in [5.74, 6) is 0.965. The largest absolute Gasteiger partial charge is 0.494 e. The number of pyridine rings is 1. The monoisotopic (exact) mass is 598 g/mol. The number of nitrogens with one attached hydrogen (secondary N) is 1. The van der Waals surface area contributed by atoms with Crippen LogP contribution in [0, 0.1) is 12.7 Å². The number of anilines is 1. The Labute approximate surface area is 254 Å². The molecular weight excluding hydrogens is 563 g/mol. The van der Waals surface area contributed by atoms with Crippen LogP contribution in [0.1, 0.15) is 41.7 Å². The Bertz CT molecular complexity index is 1830. The molecule has 0 unspecified atom stereocenters. The third kappa shape index (κ3) is 6.81. The Hall–Kier alpha value is -4.96. The summed E-state index contributed by atoms with van der Waals surface area (Å²) in [6.07, 6.45) is 5.62. The zero-order valence-corrected chi connectivity index (χ0v) is 24.9. The van der Waals surface area contributed by atoms with Gasteiger partial charge in [-0.3, -0.25) is 19.3 Å². The van der Waals surface area contributed by atoms with Crippen molar-refractivity contribution < 1.29 is 23.8 Å². The molecule has 0 amide bonds. The maximum Gasteiger partial charge on any atom is 0.282 e. The molecule has 0 aliphatic heterocycles. The number of fused-ring (bicyclic) bond motifs is 1. The number of hydrogen-bond acceptors (Lipinski definition) is 7. The van der Waals surface area contributed by atoms with Gasteiger partial charge in [-0.05, 0) is 75.1 Å². The SMILES string of the molecule is CNc1ccc(Oc2ccnc3cc(OCCCC4(O)CC4)ccc23)c(F)c1.Cc1c(C=O)c(=O)n(-c2ccccc2)n1C. The van der Waals surface area contributed by atoms with E-state index >= 15 is 0 Å². The highest BCUT2D eigenvalue weighted by atomic mass is 19.1. The number of aldehydes is 1. The van der Waals surface area contributed by atoms with Crippen molar-refractivity contribution >= 4 is 22.9 Å². The molecular formula is C34H35FN4O5. The summed E-state index contributed by atoms with van der Waals surface area (Å²) < 4.78 is 29.0.